The normalized spacial score (nSPS) is 10.7. The average molecular weight is 396 g/mol. The number of carboxylic acids is 1. The summed E-state index contributed by atoms with van der Waals surface area (Å²) in [6.45, 7) is 5.79. The Morgan fingerprint density at radius 3 is 1.96 bits per heavy atom. The molecule has 8 nitrogen and oxygen atoms in total. The minimum absolute atomic E-state index is 0.155. The third kappa shape index (κ3) is 8.15. The lowest BCUT2D eigenvalue weighted by molar-refractivity contribution is -0.166. The number of rotatable bonds is 5. The van der Waals surface area contributed by atoms with Gasteiger partial charge in [0.25, 0.3) is 0 Å². The highest BCUT2D eigenvalue weighted by Crippen LogP contribution is 2.36. The lowest BCUT2D eigenvalue weighted by Crippen LogP contribution is -2.05. The zero-order valence-electron chi connectivity index (χ0n) is 15.0. The molecule has 0 saturated carbocycles. The molecule has 0 heterocycles. The van der Waals surface area contributed by atoms with Crippen LogP contribution in [0.1, 0.15) is 51.6 Å². The van der Waals surface area contributed by atoms with Gasteiger partial charge in [0.2, 0.25) is 0 Å². The van der Waals surface area contributed by atoms with Crippen LogP contribution in [0.25, 0.3) is 0 Å². The Labute approximate surface area is 156 Å². The van der Waals surface area contributed by atoms with Gasteiger partial charge < -0.3 is 14.9 Å². The third-order valence-corrected chi connectivity index (χ3v) is 3.67. The molecule has 0 radical (unpaired) electrons. The van der Waals surface area contributed by atoms with Gasteiger partial charge >= 0.3 is 19.8 Å². The van der Waals surface area contributed by atoms with Gasteiger partial charge in [-0.2, -0.15) is 0 Å². The highest BCUT2D eigenvalue weighted by molar-refractivity contribution is 7.46. The van der Waals surface area contributed by atoms with Crippen molar-refractivity contribution < 1.29 is 38.6 Å². The fourth-order valence-electron chi connectivity index (χ4n) is 1.95. The number of hydrogen-bond donors (Lipinski definition) is 3. The molecule has 0 fully saturated rings. The van der Waals surface area contributed by atoms with Crippen LogP contribution >= 0.6 is 7.82 Å². The number of phosphoric acid groups is 1. The summed E-state index contributed by atoms with van der Waals surface area (Å²) in [6.07, 6.45) is 0. The SMILES string of the molecule is CC(C)c1ccc(C(=O)OOP(=O)(O)O)cc1.Cc1ccccc1C(=O)O. The zero-order chi connectivity index (χ0) is 20.6. The molecule has 146 valence electrons. The molecule has 0 atom stereocenters. The average Bonchev–Trinajstić information content (AvgIpc) is 2.60. The number of aromatic carboxylic acids is 1. The molecule has 0 aliphatic rings. The van der Waals surface area contributed by atoms with Crippen LogP contribution < -0.4 is 0 Å². The quantitative estimate of drug-likeness (QED) is 0.396. The first-order valence-electron chi connectivity index (χ1n) is 7.86. The number of carboxylic acid groups (broad SMARTS) is 1. The second-order valence-electron chi connectivity index (χ2n) is 5.83. The van der Waals surface area contributed by atoms with E-state index in [0.29, 0.717) is 11.5 Å². The first-order valence-corrected chi connectivity index (χ1v) is 9.39. The van der Waals surface area contributed by atoms with Crippen molar-refractivity contribution in [2.24, 2.45) is 0 Å². The minimum Gasteiger partial charge on any atom is -0.478 e. The molecule has 9 heteroatoms. The van der Waals surface area contributed by atoms with Gasteiger partial charge in [-0.15, -0.1) is 0 Å². The highest BCUT2D eigenvalue weighted by atomic mass is 31.2. The maximum absolute atomic E-state index is 11.3. The Morgan fingerprint density at radius 1 is 1.00 bits per heavy atom. The summed E-state index contributed by atoms with van der Waals surface area (Å²) in [6, 6.07) is 13.4. The molecule has 2 aromatic rings. The Morgan fingerprint density at radius 2 is 1.56 bits per heavy atom. The van der Waals surface area contributed by atoms with Gasteiger partial charge in [0, 0.05) is 0 Å². The summed E-state index contributed by atoms with van der Waals surface area (Å²) >= 11 is 0. The van der Waals surface area contributed by atoms with E-state index in [0.717, 1.165) is 11.1 Å². The molecule has 2 rings (SSSR count). The van der Waals surface area contributed by atoms with E-state index in [1.54, 1.807) is 37.3 Å². The molecule has 0 aliphatic heterocycles. The molecule has 0 saturated heterocycles. The fraction of sp³-hybridized carbons (Fsp3) is 0.222. The molecular weight excluding hydrogens is 375 g/mol. The van der Waals surface area contributed by atoms with Gasteiger partial charge in [-0.1, -0.05) is 48.9 Å². The van der Waals surface area contributed by atoms with Crippen molar-refractivity contribution in [1.82, 2.24) is 0 Å². The largest absolute Gasteiger partial charge is 0.505 e. The van der Waals surface area contributed by atoms with Crippen LogP contribution in [0.3, 0.4) is 0 Å². The van der Waals surface area contributed by atoms with Crippen molar-refractivity contribution in [2.45, 2.75) is 26.7 Å². The van der Waals surface area contributed by atoms with Crippen molar-refractivity contribution in [3.05, 3.63) is 70.8 Å². The van der Waals surface area contributed by atoms with Gasteiger partial charge in [0.1, 0.15) is 0 Å². The summed E-state index contributed by atoms with van der Waals surface area (Å²) in [5.74, 6) is -1.49. The fourth-order valence-corrected chi connectivity index (χ4v) is 2.11. The molecule has 0 spiro atoms. The van der Waals surface area contributed by atoms with E-state index >= 15 is 0 Å². The monoisotopic (exact) mass is 396 g/mol. The molecular formula is C18H21O8P. The van der Waals surface area contributed by atoms with Gasteiger partial charge in [-0.3, -0.25) is 4.89 Å². The number of hydrogen-bond acceptors (Lipinski definition) is 5. The predicted molar refractivity (Wildman–Crippen MR) is 97.2 cm³/mol. The number of carbonyl (C=O) groups excluding carboxylic acids is 1. The van der Waals surface area contributed by atoms with Crippen molar-refractivity contribution in [3.63, 3.8) is 0 Å². The van der Waals surface area contributed by atoms with Gasteiger partial charge in [-0.25, -0.2) is 14.2 Å². The Kier molecular flexibility index (Phi) is 8.33. The molecule has 0 bridgehead atoms. The molecule has 0 aromatic heterocycles. The number of carbonyl (C=O) groups is 2. The molecule has 0 amide bonds. The van der Waals surface area contributed by atoms with Gasteiger partial charge in [0.15, 0.2) is 0 Å². The first kappa shape index (κ1) is 22.5. The van der Waals surface area contributed by atoms with Crippen LogP contribution in [0.2, 0.25) is 0 Å². The van der Waals surface area contributed by atoms with E-state index in [9.17, 15) is 14.2 Å². The number of aryl methyl sites for hydroxylation is 1. The Bertz CT molecular complexity index is 824. The van der Waals surface area contributed by atoms with E-state index in [4.69, 9.17) is 14.9 Å². The van der Waals surface area contributed by atoms with Crippen LogP contribution in [0.4, 0.5) is 0 Å². The molecule has 3 N–H and O–H groups in total. The lowest BCUT2D eigenvalue weighted by atomic mass is 10.0. The van der Waals surface area contributed by atoms with Crippen LogP contribution in [-0.2, 0) is 14.1 Å². The zero-order valence-corrected chi connectivity index (χ0v) is 15.9. The van der Waals surface area contributed by atoms with Crippen molar-refractivity contribution in [1.29, 1.82) is 0 Å². The van der Waals surface area contributed by atoms with Crippen LogP contribution in [0, 0.1) is 6.92 Å². The van der Waals surface area contributed by atoms with E-state index in [1.807, 2.05) is 19.9 Å². The summed E-state index contributed by atoms with van der Waals surface area (Å²) in [5, 5.41) is 8.57. The maximum atomic E-state index is 11.3. The Balaban J connectivity index is 0.000000309. The topological polar surface area (TPSA) is 130 Å². The highest BCUT2D eigenvalue weighted by Gasteiger charge is 2.19. The van der Waals surface area contributed by atoms with E-state index < -0.39 is 19.8 Å². The minimum atomic E-state index is -4.81. The van der Waals surface area contributed by atoms with E-state index in [-0.39, 0.29) is 5.56 Å². The molecule has 0 unspecified atom stereocenters. The van der Waals surface area contributed by atoms with Crippen molar-refractivity contribution >= 4 is 19.8 Å². The third-order valence-electron chi connectivity index (χ3n) is 3.40. The number of benzene rings is 2. The summed E-state index contributed by atoms with van der Waals surface area (Å²) in [5.41, 5.74) is 2.37. The predicted octanol–water partition coefficient (Wildman–Crippen LogP) is 3.68. The second kappa shape index (κ2) is 9.99. The second-order valence-corrected chi connectivity index (χ2v) is 6.96. The maximum Gasteiger partial charge on any atom is 0.505 e. The Hall–Kier alpha value is -2.51. The van der Waals surface area contributed by atoms with Crippen LogP contribution in [0.15, 0.2) is 48.5 Å². The van der Waals surface area contributed by atoms with Crippen molar-refractivity contribution in [2.75, 3.05) is 0 Å². The van der Waals surface area contributed by atoms with Gasteiger partial charge in [0.05, 0.1) is 11.1 Å². The van der Waals surface area contributed by atoms with E-state index in [1.165, 1.54) is 12.1 Å². The standard InChI is InChI=1S/C10H13O6P.C8H8O2/c1-7(2)8-3-5-9(6-4-8)10(11)15-16-17(12,13)14;1-6-4-2-3-5-7(6)8(9)10/h3-7H,1-2H3,(H2,12,13,14);2-5H,1H3,(H,9,10). The molecule has 0 aliphatic carbocycles. The van der Waals surface area contributed by atoms with Crippen LogP contribution in [0.5, 0.6) is 0 Å². The van der Waals surface area contributed by atoms with Crippen LogP contribution in [-0.4, -0.2) is 26.8 Å². The lowest BCUT2D eigenvalue weighted by Gasteiger charge is -2.06. The summed E-state index contributed by atoms with van der Waals surface area (Å²) < 4.78 is 13.9. The summed E-state index contributed by atoms with van der Waals surface area (Å²) in [4.78, 5) is 42.4. The summed E-state index contributed by atoms with van der Waals surface area (Å²) in [7, 11) is -4.81. The molecule has 2 aromatic carbocycles. The smallest absolute Gasteiger partial charge is 0.478 e. The first-order chi connectivity index (χ1) is 12.5. The van der Waals surface area contributed by atoms with Gasteiger partial charge in [-0.05, 0) is 42.2 Å². The van der Waals surface area contributed by atoms with Crippen molar-refractivity contribution in [3.8, 4) is 0 Å². The van der Waals surface area contributed by atoms with E-state index in [2.05, 4.69) is 9.56 Å². The molecule has 27 heavy (non-hydrogen) atoms.